The summed E-state index contributed by atoms with van der Waals surface area (Å²) in [5.41, 5.74) is 1.21. The van der Waals surface area contributed by atoms with Gasteiger partial charge in [0.2, 0.25) is 21.8 Å². The van der Waals surface area contributed by atoms with Crippen molar-refractivity contribution in [3.05, 3.63) is 53.5 Å². The quantitative estimate of drug-likeness (QED) is 0.585. The Kier molecular flexibility index (Phi) is 6.27. The molecule has 2 saturated heterocycles. The van der Waals surface area contributed by atoms with Crippen LogP contribution in [0.25, 0.3) is 0 Å². The Bertz CT molecular complexity index is 1220. The Labute approximate surface area is 204 Å². The van der Waals surface area contributed by atoms with Crippen LogP contribution < -0.4 is 0 Å². The van der Waals surface area contributed by atoms with Gasteiger partial charge in [-0.3, -0.25) is 19.3 Å². The number of benzene rings is 1. The predicted octanol–water partition coefficient (Wildman–Crippen LogP) is 2.41. The predicted molar refractivity (Wildman–Crippen MR) is 126 cm³/mol. The van der Waals surface area contributed by atoms with E-state index >= 15 is 0 Å². The molecular formula is C25H29N3O6S. The van der Waals surface area contributed by atoms with E-state index in [9.17, 15) is 22.8 Å². The van der Waals surface area contributed by atoms with Crippen LogP contribution in [0.15, 0.2) is 45.9 Å². The number of carbonyl (C=O) groups excluding carboxylic acids is 3. The average molecular weight is 500 g/mol. The molecule has 9 nitrogen and oxygen atoms in total. The summed E-state index contributed by atoms with van der Waals surface area (Å²) >= 11 is 0. The molecule has 0 bridgehead atoms. The maximum Gasteiger partial charge on any atom is 0.289 e. The van der Waals surface area contributed by atoms with Crippen molar-refractivity contribution >= 4 is 27.7 Å². The first-order valence-electron chi connectivity index (χ1n) is 12.0. The lowest BCUT2D eigenvalue weighted by molar-refractivity contribution is -0.140. The fraction of sp³-hybridized carbons (Fsp3) is 0.480. The maximum atomic E-state index is 13.5. The Morgan fingerprint density at radius 3 is 2.26 bits per heavy atom. The zero-order valence-corrected chi connectivity index (χ0v) is 20.5. The van der Waals surface area contributed by atoms with Crippen LogP contribution in [0.3, 0.4) is 0 Å². The van der Waals surface area contributed by atoms with Gasteiger partial charge in [0.25, 0.3) is 5.91 Å². The lowest BCUT2D eigenvalue weighted by Crippen LogP contribution is -2.50. The molecule has 0 radical (unpaired) electrons. The van der Waals surface area contributed by atoms with Crippen LogP contribution in [0.1, 0.15) is 47.4 Å². The molecule has 10 heteroatoms. The first-order chi connectivity index (χ1) is 16.8. The van der Waals surface area contributed by atoms with E-state index < -0.39 is 10.0 Å². The minimum absolute atomic E-state index is 0.0822. The Morgan fingerprint density at radius 1 is 1.00 bits per heavy atom. The fourth-order valence-electron chi connectivity index (χ4n) is 5.42. The number of nitrogens with zero attached hydrogens (tertiary/aromatic N) is 3. The normalized spacial score (nSPS) is 23.6. The van der Waals surface area contributed by atoms with Crippen LogP contribution in [0.4, 0.5) is 0 Å². The number of piperazine rings is 1. The van der Waals surface area contributed by atoms with Gasteiger partial charge in [-0.2, -0.15) is 4.31 Å². The van der Waals surface area contributed by atoms with E-state index in [1.807, 2.05) is 0 Å². The van der Waals surface area contributed by atoms with Crippen LogP contribution in [-0.4, -0.2) is 66.4 Å². The van der Waals surface area contributed by atoms with Gasteiger partial charge in [-0.15, -0.1) is 0 Å². The van der Waals surface area contributed by atoms with Crippen LogP contribution in [0.2, 0.25) is 0 Å². The highest BCUT2D eigenvalue weighted by Crippen LogP contribution is 2.38. The molecule has 3 fully saturated rings. The van der Waals surface area contributed by atoms with E-state index in [-0.39, 0.29) is 72.9 Å². The van der Waals surface area contributed by atoms with E-state index in [1.165, 1.54) is 15.5 Å². The Balaban J connectivity index is 1.31. The number of imide groups is 1. The summed E-state index contributed by atoms with van der Waals surface area (Å²) in [4.78, 5) is 41.3. The van der Waals surface area contributed by atoms with Crippen molar-refractivity contribution in [2.45, 2.75) is 44.0 Å². The van der Waals surface area contributed by atoms with Crippen molar-refractivity contribution in [2.24, 2.45) is 11.8 Å². The second-order valence-electron chi connectivity index (χ2n) is 9.53. The molecule has 3 heterocycles. The SMILES string of the molecule is Cc1ccc(CN2C(=O)[C@@H]3CCCC[C@H]3C2=O)cc1S(=O)(=O)N1CCN(C(=O)c2ccco2)CC1. The third-order valence-corrected chi connectivity index (χ3v) is 9.44. The fourth-order valence-corrected chi connectivity index (χ4v) is 7.11. The van der Waals surface area contributed by atoms with Gasteiger partial charge in [-0.25, -0.2) is 8.42 Å². The molecule has 35 heavy (non-hydrogen) atoms. The minimum Gasteiger partial charge on any atom is -0.459 e. The Hall–Kier alpha value is -2.98. The largest absolute Gasteiger partial charge is 0.459 e. The molecule has 0 spiro atoms. The van der Waals surface area contributed by atoms with Gasteiger partial charge >= 0.3 is 0 Å². The summed E-state index contributed by atoms with van der Waals surface area (Å²) in [6.45, 7) is 2.68. The van der Waals surface area contributed by atoms with Gasteiger partial charge in [-0.1, -0.05) is 25.0 Å². The van der Waals surface area contributed by atoms with E-state index in [4.69, 9.17) is 4.42 Å². The van der Waals surface area contributed by atoms with Gasteiger partial charge in [0.1, 0.15) is 0 Å². The number of amides is 3. The highest BCUT2D eigenvalue weighted by Gasteiger charge is 2.48. The number of likely N-dealkylation sites (tertiary alicyclic amines) is 1. The molecule has 0 N–H and O–H groups in total. The number of sulfonamides is 1. The molecule has 2 aromatic rings. The molecule has 1 aliphatic carbocycles. The van der Waals surface area contributed by atoms with Gasteiger partial charge in [0, 0.05) is 26.2 Å². The summed E-state index contributed by atoms with van der Waals surface area (Å²) in [5, 5.41) is 0. The lowest BCUT2D eigenvalue weighted by Gasteiger charge is -2.34. The van der Waals surface area contributed by atoms with E-state index in [0.29, 0.717) is 11.1 Å². The third-order valence-electron chi connectivity index (χ3n) is 7.40. The van der Waals surface area contributed by atoms with Gasteiger partial charge < -0.3 is 9.32 Å². The second-order valence-corrected chi connectivity index (χ2v) is 11.4. The van der Waals surface area contributed by atoms with Gasteiger partial charge in [-0.05, 0) is 49.1 Å². The number of fused-ring (bicyclic) bond motifs is 1. The van der Waals surface area contributed by atoms with Crippen molar-refractivity contribution < 1.29 is 27.2 Å². The minimum atomic E-state index is -3.82. The Morgan fingerprint density at radius 2 is 1.66 bits per heavy atom. The first-order valence-corrected chi connectivity index (χ1v) is 13.5. The molecule has 5 rings (SSSR count). The highest BCUT2D eigenvalue weighted by molar-refractivity contribution is 7.89. The van der Waals surface area contributed by atoms with Crippen LogP contribution in [0.5, 0.6) is 0 Å². The summed E-state index contributed by atoms with van der Waals surface area (Å²) in [7, 11) is -3.82. The number of hydrogen-bond acceptors (Lipinski definition) is 6. The summed E-state index contributed by atoms with van der Waals surface area (Å²) < 4.78 is 33.5. The lowest BCUT2D eigenvalue weighted by atomic mass is 9.81. The second kappa shape index (κ2) is 9.23. The standard InChI is InChI=1S/C25H29N3O6S/c1-17-8-9-18(16-28-23(29)19-5-2-3-6-20(19)24(28)30)15-22(17)35(32,33)27-12-10-26(11-13-27)25(31)21-7-4-14-34-21/h4,7-9,14-15,19-20H,2-3,5-6,10-13,16H2,1H3/t19-,20-/m1/s1. The molecule has 1 saturated carbocycles. The maximum absolute atomic E-state index is 13.5. The average Bonchev–Trinajstić information content (AvgIpc) is 3.49. The van der Waals surface area contributed by atoms with Gasteiger partial charge in [0.05, 0.1) is 29.5 Å². The van der Waals surface area contributed by atoms with Crippen molar-refractivity contribution in [3.63, 3.8) is 0 Å². The molecule has 3 aliphatic rings. The third kappa shape index (κ3) is 4.29. The molecule has 0 unspecified atom stereocenters. The highest BCUT2D eigenvalue weighted by atomic mass is 32.2. The van der Waals surface area contributed by atoms with E-state index in [1.54, 1.807) is 42.2 Å². The van der Waals surface area contributed by atoms with Crippen molar-refractivity contribution in [1.82, 2.24) is 14.1 Å². The van der Waals surface area contributed by atoms with Crippen LogP contribution in [0, 0.1) is 18.8 Å². The number of carbonyl (C=O) groups is 3. The summed E-state index contributed by atoms with van der Waals surface area (Å²) in [6.07, 6.45) is 4.84. The van der Waals surface area contributed by atoms with E-state index in [2.05, 4.69) is 0 Å². The monoisotopic (exact) mass is 499 g/mol. The summed E-state index contributed by atoms with van der Waals surface area (Å²) in [5.74, 6) is -0.763. The van der Waals surface area contributed by atoms with Gasteiger partial charge in [0.15, 0.2) is 5.76 Å². The molecule has 2 aliphatic heterocycles. The van der Waals surface area contributed by atoms with Crippen molar-refractivity contribution in [3.8, 4) is 0 Å². The zero-order valence-electron chi connectivity index (χ0n) is 19.7. The molecule has 186 valence electrons. The first kappa shape index (κ1) is 23.7. The molecule has 2 atom stereocenters. The number of hydrogen-bond donors (Lipinski definition) is 0. The van der Waals surface area contributed by atoms with Crippen LogP contribution in [-0.2, 0) is 26.2 Å². The zero-order chi connectivity index (χ0) is 24.7. The van der Waals surface area contributed by atoms with Crippen molar-refractivity contribution in [1.29, 1.82) is 0 Å². The van der Waals surface area contributed by atoms with Crippen LogP contribution >= 0.6 is 0 Å². The topological polar surface area (TPSA) is 108 Å². The molecule has 1 aromatic heterocycles. The number of aryl methyl sites for hydroxylation is 1. The molecular weight excluding hydrogens is 470 g/mol. The molecule has 1 aromatic carbocycles. The van der Waals surface area contributed by atoms with E-state index in [0.717, 1.165) is 25.7 Å². The number of furan rings is 1. The smallest absolute Gasteiger partial charge is 0.289 e. The number of rotatable bonds is 5. The van der Waals surface area contributed by atoms with Crippen molar-refractivity contribution in [2.75, 3.05) is 26.2 Å². The molecule has 3 amide bonds. The summed E-state index contributed by atoms with van der Waals surface area (Å²) in [6, 6.07) is 8.30.